The van der Waals surface area contributed by atoms with Crippen molar-refractivity contribution in [3.8, 4) is 0 Å². The van der Waals surface area contributed by atoms with Gasteiger partial charge in [-0.25, -0.2) is 0 Å². The Labute approximate surface area is 104 Å². The SMILES string of the molecule is OC(CCCCl)c1cc2cc(Cl)ccc2o1. The van der Waals surface area contributed by atoms with Crippen molar-refractivity contribution >= 4 is 34.2 Å². The topological polar surface area (TPSA) is 33.4 Å². The molecule has 1 aromatic heterocycles. The van der Waals surface area contributed by atoms with Crippen LogP contribution < -0.4 is 0 Å². The van der Waals surface area contributed by atoms with Gasteiger partial charge in [0.15, 0.2) is 0 Å². The molecule has 86 valence electrons. The van der Waals surface area contributed by atoms with Crippen LogP contribution in [0.3, 0.4) is 0 Å². The largest absolute Gasteiger partial charge is 0.458 e. The Morgan fingerprint density at radius 3 is 2.88 bits per heavy atom. The van der Waals surface area contributed by atoms with Gasteiger partial charge < -0.3 is 9.52 Å². The molecule has 0 aliphatic carbocycles. The maximum Gasteiger partial charge on any atom is 0.134 e. The van der Waals surface area contributed by atoms with Crippen LogP contribution in [0.5, 0.6) is 0 Å². The Morgan fingerprint density at radius 2 is 2.12 bits per heavy atom. The van der Waals surface area contributed by atoms with Crippen molar-refractivity contribution in [3.63, 3.8) is 0 Å². The molecule has 0 aliphatic heterocycles. The molecule has 0 saturated heterocycles. The summed E-state index contributed by atoms with van der Waals surface area (Å²) in [6.07, 6.45) is 0.780. The van der Waals surface area contributed by atoms with Crippen molar-refractivity contribution < 1.29 is 9.52 Å². The number of fused-ring (bicyclic) bond motifs is 1. The zero-order valence-electron chi connectivity index (χ0n) is 8.62. The first-order valence-corrected chi connectivity index (χ1v) is 6.05. The smallest absolute Gasteiger partial charge is 0.134 e. The third-order valence-electron chi connectivity index (χ3n) is 2.44. The van der Waals surface area contributed by atoms with Gasteiger partial charge in [-0.2, -0.15) is 0 Å². The van der Waals surface area contributed by atoms with Crippen LogP contribution in [-0.4, -0.2) is 11.0 Å². The predicted octanol–water partition coefficient (Wildman–Crippen LogP) is 4.14. The van der Waals surface area contributed by atoms with Crippen molar-refractivity contribution in [2.45, 2.75) is 18.9 Å². The van der Waals surface area contributed by atoms with Gasteiger partial charge in [-0.1, -0.05) is 11.6 Å². The van der Waals surface area contributed by atoms with Gasteiger partial charge in [0.05, 0.1) is 0 Å². The fraction of sp³-hybridized carbons (Fsp3) is 0.333. The molecule has 0 spiro atoms. The lowest BCUT2D eigenvalue weighted by Gasteiger charge is -2.04. The number of rotatable bonds is 4. The lowest BCUT2D eigenvalue weighted by molar-refractivity contribution is 0.142. The second kappa shape index (κ2) is 5.09. The Bertz CT molecular complexity index is 479. The minimum Gasteiger partial charge on any atom is -0.458 e. The molecule has 0 saturated carbocycles. The van der Waals surface area contributed by atoms with E-state index in [0.29, 0.717) is 23.1 Å². The van der Waals surface area contributed by atoms with Crippen molar-refractivity contribution in [1.29, 1.82) is 0 Å². The average molecular weight is 259 g/mol. The molecule has 1 atom stereocenters. The summed E-state index contributed by atoms with van der Waals surface area (Å²) < 4.78 is 5.53. The average Bonchev–Trinajstić information content (AvgIpc) is 2.68. The van der Waals surface area contributed by atoms with Crippen LogP contribution in [-0.2, 0) is 0 Å². The Kier molecular flexibility index (Phi) is 3.74. The molecule has 1 unspecified atom stereocenters. The van der Waals surface area contributed by atoms with Gasteiger partial charge in [-0.05, 0) is 37.1 Å². The number of alkyl halides is 1. The minimum absolute atomic E-state index is 0.545. The third kappa shape index (κ3) is 2.51. The molecule has 0 radical (unpaired) electrons. The molecule has 0 bridgehead atoms. The molecule has 0 aliphatic rings. The highest BCUT2D eigenvalue weighted by molar-refractivity contribution is 6.31. The third-order valence-corrected chi connectivity index (χ3v) is 2.94. The summed E-state index contributed by atoms with van der Waals surface area (Å²) in [5, 5.41) is 11.4. The molecule has 1 heterocycles. The van der Waals surface area contributed by atoms with E-state index in [0.717, 1.165) is 17.4 Å². The molecule has 0 amide bonds. The van der Waals surface area contributed by atoms with Gasteiger partial charge in [-0.3, -0.25) is 0 Å². The van der Waals surface area contributed by atoms with Crippen molar-refractivity contribution in [2.75, 3.05) is 5.88 Å². The van der Waals surface area contributed by atoms with E-state index < -0.39 is 6.10 Å². The molecule has 1 N–H and O–H groups in total. The minimum atomic E-state index is -0.593. The first-order valence-electron chi connectivity index (χ1n) is 5.13. The van der Waals surface area contributed by atoms with E-state index >= 15 is 0 Å². The molecule has 2 aromatic rings. The summed E-state index contributed by atoms with van der Waals surface area (Å²) in [4.78, 5) is 0. The normalized spacial score (nSPS) is 13.2. The lowest BCUT2D eigenvalue weighted by Crippen LogP contribution is -1.95. The zero-order valence-corrected chi connectivity index (χ0v) is 10.1. The van der Waals surface area contributed by atoms with E-state index in [1.54, 1.807) is 12.1 Å². The van der Waals surface area contributed by atoms with Gasteiger partial charge in [0.1, 0.15) is 17.4 Å². The second-order valence-corrected chi connectivity index (χ2v) is 4.49. The maximum absolute atomic E-state index is 9.84. The summed E-state index contributed by atoms with van der Waals surface area (Å²) in [5.74, 6) is 1.12. The van der Waals surface area contributed by atoms with Crippen molar-refractivity contribution in [3.05, 3.63) is 35.0 Å². The molecular weight excluding hydrogens is 247 g/mol. The Hall–Kier alpha value is -0.700. The number of hydrogen-bond donors (Lipinski definition) is 1. The van der Waals surface area contributed by atoms with Crippen molar-refractivity contribution in [2.24, 2.45) is 0 Å². The number of hydrogen-bond acceptors (Lipinski definition) is 2. The van der Waals surface area contributed by atoms with E-state index in [-0.39, 0.29) is 0 Å². The summed E-state index contributed by atoms with van der Waals surface area (Å²) in [6.45, 7) is 0. The summed E-state index contributed by atoms with van der Waals surface area (Å²) in [5.41, 5.74) is 0.740. The van der Waals surface area contributed by atoms with Gasteiger partial charge in [0.2, 0.25) is 0 Å². The van der Waals surface area contributed by atoms with Crippen LogP contribution in [0.2, 0.25) is 5.02 Å². The van der Waals surface area contributed by atoms with Gasteiger partial charge in [-0.15, -0.1) is 11.6 Å². The standard InChI is InChI=1S/C12H12Cl2O2/c13-5-1-2-10(15)12-7-8-6-9(14)3-4-11(8)16-12/h3-4,6-7,10,15H,1-2,5H2. The maximum atomic E-state index is 9.84. The fourth-order valence-electron chi connectivity index (χ4n) is 1.61. The second-order valence-electron chi connectivity index (χ2n) is 3.68. The number of aliphatic hydroxyl groups excluding tert-OH is 1. The first kappa shape index (κ1) is 11.8. The molecule has 4 heteroatoms. The van der Waals surface area contributed by atoms with E-state index in [1.165, 1.54) is 0 Å². The molecule has 0 fully saturated rings. The monoisotopic (exact) mass is 258 g/mol. The highest BCUT2D eigenvalue weighted by Gasteiger charge is 2.12. The van der Waals surface area contributed by atoms with Crippen LogP contribution >= 0.6 is 23.2 Å². The summed E-state index contributed by atoms with van der Waals surface area (Å²) >= 11 is 11.4. The van der Waals surface area contributed by atoms with E-state index in [9.17, 15) is 5.11 Å². The van der Waals surface area contributed by atoms with E-state index in [2.05, 4.69) is 0 Å². The van der Waals surface area contributed by atoms with E-state index in [1.807, 2.05) is 12.1 Å². The Morgan fingerprint density at radius 1 is 1.31 bits per heavy atom. The fourth-order valence-corrected chi connectivity index (χ4v) is 1.95. The summed E-state index contributed by atoms with van der Waals surface area (Å²) in [6, 6.07) is 7.20. The molecule has 1 aromatic carbocycles. The highest BCUT2D eigenvalue weighted by Crippen LogP contribution is 2.28. The number of halogens is 2. The van der Waals surface area contributed by atoms with E-state index in [4.69, 9.17) is 27.6 Å². The summed E-state index contributed by atoms with van der Waals surface area (Å²) in [7, 11) is 0. The Balaban J connectivity index is 2.25. The zero-order chi connectivity index (χ0) is 11.5. The van der Waals surface area contributed by atoms with Gasteiger partial charge >= 0.3 is 0 Å². The number of furan rings is 1. The van der Waals surface area contributed by atoms with Crippen LogP contribution in [0.25, 0.3) is 11.0 Å². The molecule has 2 rings (SSSR count). The first-order chi connectivity index (χ1) is 7.70. The lowest BCUT2D eigenvalue weighted by atomic mass is 10.1. The van der Waals surface area contributed by atoms with Crippen LogP contribution in [0.4, 0.5) is 0 Å². The van der Waals surface area contributed by atoms with Crippen LogP contribution in [0, 0.1) is 0 Å². The van der Waals surface area contributed by atoms with Crippen molar-refractivity contribution in [1.82, 2.24) is 0 Å². The van der Waals surface area contributed by atoms with Crippen LogP contribution in [0.1, 0.15) is 24.7 Å². The van der Waals surface area contributed by atoms with Crippen LogP contribution in [0.15, 0.2) is 28.7 Å². The molecule has 16 heavy (non-hydrogen) atoms. The highest BCUT2D eigenvalue weighted by atomic mass is 35.5. The molecule has 2 nitrogen and oxygen atoms in total. The van der Waals surface area contributed by atoms with Gasteiger partial charge in [0.25, 0.3) is 0 Å². The number of aliphatic hydroxyl groups is 1. The number of benzene rings is 1. The predicted molar refractivity (Wildman–Crippen MR) is 66.1 cm³/mol. The molecular formula is C12H12Cl2O2. The quantitative estimate of drug-likeness (QED) is 0.837. The van der Waals surface area contributed by atoms with Gasteiger partial charge in [0, 0.05) is 16.3 Å².